The van der Waals surface area contributed by atoms with E-state index in [0.717, 1.165) is 38.4 Å². The highest BCUT2D eigenvalue weighted by Crippen LogP contribution is 2.14. The molecule has 0 bridgehead atoms. The Morgan fingerprint density at radius 2 is 1.63 bits per heavy atom. The van der Waals surface area contributed by atoms with E-state index >= 15 is 0 Å². The van der Waals surface area contributed by atoms with Crippen LogP contribution in [0.25, 0.3) is 0 Å². The highest BCUT2D eigenvalue weighted by Gasteiger charge is 2.11. The number of hydrogen-bond donors (Lipinski definition) is 2. The molecule has 108 valence electrons. The van der Waals surface area contributed by atoms with Gasteiger partial charge in [-0.15, -0.1) is 12.6 Å². The predicted octanol–water partition coefficient (Wildman–Crippen LogP) is 3.00. The Morgan fingerprint density at radius 1 is 1.00 bits per heavy atom. The van der Waals surface area contributed by atoms with Crippen LogP contribution in [-0.2, 0) is 0 Å². The lowest BCUT2D eigenvalue weighted by molar-refractivity contribution is 0.656. The van der Waals surface area contributed by atoms with E-state index in [1.165, 1.54) is 12.8 Å². The van der Waals surface area contributed by atoms with Crippen molar-refractivity contribution in [1.29, 1.82) is 0 Å². The SMILES string of the molecule is CCCCN(CCCC)c1nc(S)nc(NCC)n1. The molecule has 1 aromatic rings. The van der Waals surface area contributed by atoms with Crippen LogP contribution >= 0.6 is 12.6 Å². The van der Waals surface area contributed by atoms with Crippen LogP contribution in [0.2, 0.25) is 0 Å². The second-order valence-corrected chi connectivity index (χ2v) is 4.88. The van der Waals surface area contributed by atoms with Crippen LogP contribution < -0.4 is 10.2 Å². The number of nitrogens with zero attached hydrogens (tertiary/aromatic N) is 4. The molecular weight excluding hydrogens is 258 g/mol. The van der Waals surface area contributed by atoms with Crippen molar-refractivity contribution in [3.63, 3.8) is 0 Å². The molecule has 0 radical (unpaired) electrons. The topological polar surface area (TPSA) is 53.9 Å². The molecule has 0 aromatic carbocycles. The molecule has 1 rings (SSSR count). The Morgan fingerprint density at radius 3 is 2.16 bits per heavy atom. The van der Waals surface area contributed by atoms with Crippen molar-refractivity contribution >= 4 is 24.5 Å². The molecule has 0 saturated heterocycles. The third-order valence-corrected chi connectivity index (χ3v) is 2.99. The van der Waals surface area contributed by atoms with Gasteiger partial charge in [0, 0.05) is 19.6 Å². The number of thiol groups is 1. The van der Waals surface area contributed by atoms with Gasteiger partial charge in [-0.05, 0) is 19.8 Å². The Bertz CT molecular complexity index is 364. The summed E-state index contributed by atoms with van der Waals surface area (Å²) in [5, 5.41) is 3.59. The zero-order valence-corrected chi connectivity index (χ0v) is 13.1. The largest absolute Gasteiger partial charge is 0.354 e. The van der Waals surface area contributed by atoms with E-state index in [1.54, 1.807) is 0 Å². The van der Waals surface area contributed by atoms with E-state index in [0.29, 0.717) is 11.1 Å². The van der Waals surface area contributed by atoms with Crippen LogP contribution in [0.5, 0.6) is 0 Å². The van der Waals surface area contributed by atoms with Crippen LogP contribution in [0.4, 0.5) is 11.9 Å². The van der Waals surface area contributed by atoms with Gasteiger partial charge in [0.1, 0.15) is 0 Å². The Hall–Kier alpha value is -1.04. The maximum Gasteiger partial charge on any atom is 0.231 e. The quantitative estimate of drug-likeness (QED) is 0.682. The lowest BCUT2D eigenvalue weighted by Crippen LogP contribution is -2.28. The smallest absolute Gasteiger partial charge is 0.231 e. The highest BCUT2D eigenvalue weighted by atomic mass is 32.1. The molecular formula is C13H25N5S. The molecule has 1 heterocycles. The van der Waals surface area contributed by atoms with Gasteiger partial charge in [-0.3, -0.25) is 0 Å². The molecule has 0 amide bonds. The van der Waals surface area contributed by atoms with E-state index in [9.17, 15) is 0 Å². The van der Waals surface area contributed by atoms with Gasteiger partial charge >= 0.3 is 0 Å². The van der Waals surface area contributed by atoms with Crippen LogP contribution in [0.1, 0.15) is 46.5 Å². The third-order valence-electron chi connectivity index (χ3n) is 2.79. The van der Waals surface area contributed by atoms with Crippen molar-refractivity contribution in [2.75, 3.05) is 29.9 Å². The van der Waals surface area contributed by atoms with Crippen molar-refractivity contribution in [2.24, 2.45) is 0 Å². The second-order valence-electron chi connectivity index (χ2n) is 4.48. The fourth-order valence-electron chi connectivity index (χ4n) is 1.74. The molecule has 0 unspecified atom stereocenters. The maximum absolute atomic E-state index is 4.47. The average molecular weight is 283 g/mol. The summed E-state index contributed by atoms with van der Waals surface area (Å²) in [7, 11) is 0. The van der Waals surface area contributed by atoms with E-state index in [-0.39, 0.29) is 0 Å². The number of unbranched alkanes of at least 4 members (excludes halogenated alkanes) is 2. The summed E-state index contributed by atoms with van der Waals surface area (Å²) in [6.07, 6.45) is 4.63. The van der Waals surface area contributed by atoms with Crippen LogP contribution in [0.15, 0.2) is 5.16 Å². The number of nitrogens with one attached hydrogen (secondary N) is 1. The summed E-state index contributed by atoms with van der Waals surface area (Å²) in [5.74, 6) is 1.34. The first-order valence-electron chi connectivity index (χ1n) is 7.15. The molecule has 0 saturated carbocycles. The van der Waals surface area contributed by atoms with E-state index in [1.807, 2.05) is 6.92 Å². The minimum Gasteiger partial charge on any atom is -0.354 e. The molecule has 0 fully saturated rings. The van der Waals surface area contributed by atoms with Gasteiger partial charge in [0.25, 0.3) is 0 Å². The number of rotatable bonds is 9. The highest BCUT2D eigenvalue weighted by molar-refractivity contribution is 7.80. The molecule has 0 aliphatic heterocycles. The van der Waals surface area contributed by atoms with Gasteiger partial charge in [0.2, 0.25) is 11.9 Å². The van der Waals surface area contributed by atoms with Crippen LogP contribution in [0.3, 0.4) is 0 Å². The molecule has 1 N–H and O–H groups in total. The average Bonchev–Trinajstić information content (AvgIpc) is 2.38. The number of aromatic nitrogens is 3. The summed E-state index contributed by atoms with van der Waals surface area (Å²) in [6, 6.07) is 0. The van der Waals surface area contributed by atoms with Gasteiger partial charge in [-0.1, -0.05) is 26.7 Å². The molecule has 0 aliphatic rings. The summed E-state index contributed by atoms with van der Waals surface area (Å²) >= 11 is 4.26. The monoisotopic (exact) mass is 283 g/mol. The molecule has 0 atom stereocenters. The van der Waals surface area contributed by atoms with Crippen molar-refractivity contribution < 1.29 is 0 Å². The third kappa shape index (κ3) is 5.63. The molecule has 0 spiro atoms. The Kier molecular flexibility index (Phi) is 7.55. The minimum absolute atomic E-state index is 0.471. The first-order chi connectivity index (χ1) is 9.21. The summed E-state index contributed by atoms with van der Waals surface area (Å²) in [6.45, 7) is 9.17. The van der Waals surface area contributed by atoms with Gasteiger partial charge in [-0.2, -0.15) is 15.0 Å². The molecule has 19 heavy (non-hydrogen) atoms. The van der Waals surface area contributed by atoms with E-state index in [2.05, 4.69) is 51.6 Å². The van der Waals surface area contributed by atoms with Gasteiger partial charge in [0.05, 0.1) is 0 Å². The first kappa shape index (κ1) is 16.0. The summed E-state index contributed by atoms with van der Waals surface area (Å²) in [4.78, 5) is 15.2. The Balaban J connectivity index is 2.85. The van der Waals surface area contributed by atoms with E-state index in [4.69, 9.17) is 0 Å². The van der Waals surface area contributed by atoms with Crippen molar-refractivity contribution in [3.8, 4) is 0 Å². The molecule has 0 aliphatic carbocycles. The fraction of sp³-hybridized carbons (Fsp3) is 0.769. The number of hydrogen-bond acceptors (Lipinski definition) is 6. The van der Waals surface area contributed by atoms with Crippen LogP contribution in [0, 0.1) is 0 Å². The first-order valence-corrected chi connectivity index (χ1v) is 7.59. The fourth-order valence-corrected chi connectivity index (χ4v) is 1.93. The van der Waals surface area contributed by atoms with Gasteiger partial charge in [-0.25, -0.2) is 0 Å². The normalized spacial score (nSPS) is 10.5. The van der Waals surface area contributed by atoms with Crippen molar-refractivity contribution in [3.05, 3.63) is 0 Å². The minimum atomic E-state index is 0.471. The molecule has 1 aromatic heterocycles. The van der Waals surface area contributed by atoms with Crippen molar-refractivity contribution in [1.82, 2.24) is 15.0 Å². The zero-order valence-electron chi connectivity index (χ0n) is 12.2. The van der Waals surface area contributed by atoms with Gasteiger partial charge < -0.3 is 10.2 Å². The standard InChI is InChI=1S/C13H25N5S/c1-4-7-9-18(10-8-5-2)12-15-11(14-6-3)16-13(19)17-12/h4-10H2,1-3H3,(H2,14,15,16,17,19). The second kappa shape index (κ2) is 8.96. The maximum atomic E-state index is 4.47. The number of anilines is 2. The summed E-state index contributed by atoms with van der Waals surface area (Å²) in [5.41, 5.74) is 0. The van der Waals surface area contributed by atoms with E-state index < -0.39 is 0 Å². The van der Waals surface area contributed by atoms with Crippen molar-refractivity contribution in [2.45, 2.75) is 51.6 Å². The van der Waals surface area contributed by atoms with Gasteiger partial charge in [0.15, 0.2) is 5.16 Å². The molecule has 5 nitrogen and oxygen atoms in total. The predicted molar refractivity (Wildman–Crippen MR) is 83.3 cm³/mol. The zero-order chi connectivity index (χ0) is 14.1. The summed E-state index contributed by atoms with van der Waals surface area (Å²) < 4.78 is 0. The van der Waals surface area contributed by atoms with Crippen LogP contribution in [-0.4, -0.2) is 34.6 Å². The lowest BCUT2D eigenvalue weighted by atomic mass is 10.3. The molecule has 6 heteroatoms. The Labute approximate surface area is 121 Å². The lowest BCUT2D eigenvalue weighted by Gasteiger charge is -2.22.